The quantitative estimate of drug-likeness (QED) is 0.806. The maximum Gasteiger partial charge on any atom is 0.324 e. The second-order valence-electron chi connectivity index (χ2n) is 4.20. The van der Waals surface area contributed by atoms with Gasteiger partial charge in [-0.25, -0.2) is 4.79 Å². The molecular formula is C13H11N3O2. The topological polar surface area (TPSA) is 62.3 Å². The number of hydrogen-bond acceptors (Lipinski definition) is 3. The minimum Gasteiger partial charge on any atom is -0.311 e. The Bertz CT molecular complexity index is 634. The fourth-order valence-electron chi connectivity index (χ4n) is 2.11. The summed E-state index contributed by atoms with van der Waals surface area (Å²) in [4.78, 5) is 28.4. The number of carbonyl (C=O) groups is 2. The fourth-order valence-corrected chi connectivity index (χ4v) is 2.11. The lowest BCUT2D eigenvalue weighted by Gasteiger charge is -2.14. The SMILES string of the molecule is O=C1CN(Cc2cccc3cccnc23)C(=O)N1. The number of nitrogens with one attached hydrogen (secondary N) is 1. The van der Waals surface area contributed by atoms with Gasteiger partial charge in [0.05, 0.1) is 12.1 Å². The lowest BCUT2D eigenvalue weighted by Crippen LogP contribution is -2.27. The number of aromatic nitrogens is 1. The van der Waals surface area contributed by atoms with Gasteiger partial charge >= 0.3 is 6.03 Å². The molecule has 90 valence electrons. The van der Waals surface area contributed by atoms with Crippen molar-refractivity contribution in [3.05, 3.63) is 42.1 Å². The number of rotatable bonds is 2. The van der Waals surface area contributed by atoms with Crippen molar-refractivity contribution in [3.8, 4) is 0 Å². The minimum absolute atomic E-state index is 0.113. The lowest BCUT2D eigenvalue weighted by atomic mass is 10.1. The number of fused-ring (bicyclic) bond motifs is 1. The van der Waals surface area contributed by atoms with Gasteiger partial charge in [-0.1, -0.05) is 24.3 Å². The summed E-state index contributed by atoms with van der Waals surface area (Å²) in [5.41, 5.74) is 1.81. The van der Waals surface area contributed by atoms with Crippen molar-refractivity contribution >= 4 is 22.8 Å². The second-order valence-corrected chi connectivity index (χ2v) is 4.20. The van der Waals surface area contributed by atoms with E-state index in [2.05, 4.69) is 10.3 Å². The summed E-state index contributed by atoms with van der Waals surface area (Å²) in [7, 11) is 0. The number of amides is 3. The van der Waals surface area contributed by atoms with E-state index in [-0.39, 0.29) is 18.5 Å². The molecule has 0 radical (unpaired) electrons. The van der Waals surface area contributed by atoms with Crippen LogP contribution in [0.4, 0.5) is 4.79 Å². The number of benzene rings is 1. The molecule has 0 unspecified atom stereocenters. The molecule has 18 heavy (non-hydrogen) atoms. The summed E-state index contributed by atoms with van der Waals surface area (Å²) in [5, 5.41) is 3.29. The summed E-state index contributed by atoms with van der Waals surface area (Å²) in [6, 6.07) is 9.33. The van der Waals surface area contributed by atoms with E-state index in [4.69, 9.17) is 0 Å². The predicted molar refractivity (Wildman–Crippen MR) is 65.7 cm³/mol. The molecule has 0 atom stereocenters. The third-order valence-corrected chi connectivity index (χ3v) is 2.95. The van der Waals surface area contributed by atoms with Crippen LogP contribution in [-0.4, -0.2) is 28.4 Å². The smallest absolute Gasteiger partial charge is 0.311 e. The van der Waals surface area contributed by atoms with Gasteiger partial charge < -0.3 is 4.90 Å². The van der Waals surface area contributed by atoms with E-state index in [0.717, 1.165) is 16.5 Å². The normalized spacial score (nSPS) is 15.2. The highest BCUT2D eigenvalue weighted by Crippen LogP contribution is 2.18. The Morgan fingerprint density at radius 1 is 1.22 bits per heavy atom. The molecule has 0 spiro atoms. The van der Waals surface area contributed by atoms with Crippen molar-refractivity contribution in [3.63, 3.8) is 0 Å². The number of para-hydroxylation sites is 1. The molecule has 3 rings (SSSR count). The largest absolute Gasteiger partial charge is 0.324 e. The van der Waals surface area contributed by atoms with Gasteiger partial charge in [0.1, 0.15) is 6.54 Å². The maximum absolute atomic E-state index is 11.5. The lowest BCUT2D eigenvalue weighted by molar-refractivity contribution is -0.118. The zero-order valence-corrected chi connectivity index (χ0v) is 9.59. The van der Waals surface area contributed by atoms with Gasteiger partial charge in [-0.2, -0.15) is 0 Å². The number of carbonyl (C=O) groups excluding carboxylic acids is 2. The van der Waals surface area contributed by atoms with Gasteiger partial charge in [0.15, 0.2) is 0 Å². The molecule has 1 aliphatic rings. The predicted octanol–water partition coefficient (Wildman–Crippen LogP) is 1.29. The van der Waals surface area contributed by atoms with E-state index >= 15 is 0 Å². The standard InChI is InChI=1S/C13H11N3O2/c17-11-8-16(13(18)15-11)7-10-4-1-3-9-5-2-6-14-12(9)10/h1-6H,7-8H2,(H,15,17,18). The molecule has 1 aromatic carbocycles. The first-order chi connectivity index (χ1) is 8.74. The molecule has 5 heteroatoms. The van der Waals surface area contributed by atoms with Gasteiger partial charge in [-0.3, -0.25) is 15.1 Å². The van der Waals surface area contributed by atoms with Crippen LogP contribution in [0.2, 0.25) is 0 Å². The van der Waals surface area contributed by atoms with Crippen LogP contribution in [0.5, 0.6) is 0 Å². The van der Waals surface area contributed by atoms with Crippen molar-refractivity contribution in [2.75, 3.05) is 6.54 Å². The average molecular weight is 241 g/mol. The molecule has 1 fully saturated rings. The van der Waals surface area contributed by atoms with E-state index in [1.54, 1.807) is 6.20 Å². The van der Waals surface area contributed by atoms with Crippen LogP contribution in [0.3, 0.4) is 0 Å². The third kappa shape index (κ3) is 1.79. The van der Waals surface area contributed by atoms with Gasteiger partial charge in [-0.15, -0.1) is 0 Å². The highest BCUT2D eigenvalue weighted by atomic mass is 16.2. The Balaban J connectivity index is 1.95. The highest BCUT2D eigenvalue weighted by Gasteiger charge is 2.26. The Labute approximate surface area is 103 Å². The van der Waals surface area contributed by atoms with Gasteiger partial charge in [0, 0.05) is 11.6 Å². The van der Waals surface area contributed by atoms with Gasteiger partial charge in [0.25, 0.3) is 0 Å². The zero-order chi connectivity index (χ0) is 12.5. The van der Waals surface area contributed by atoms with Gasteiger partial charge in [-0.05, 0) is 11.6 Å². The molecule has 5 nitrogen and oxygen atoms in total. The van der Waals surface area contributed by atoms with Crippen LogP contribution in [-0.2, 0) is 11.3 Å². The zero-order valence-electron chi connectivity index (χ0n) is 9.59. The fraction of sp³-hybridized carbons (Fsp3) is 0.154. The van der Waals surface area contributed by atoms with Crippen molar-refractivity contribution in [1.82, 2.24) is 15.2 Å². The highest BCUT2D eigenvalue weighted by molar-refractivity contribution is 6.02. The van der Waals surface area contributed by atoms with Crippen LogP contribution in [0, 0.1) is 0 Å². The number of urea groups is 1. The maximum atomic E-state index is 11.5. The van der Waals surface area contributed by atoms with E-state index in [1.165, 1.54) is 4.90 Å². The van der Waals surface area contributed by atoms with E-state index in [9.17, 15) is 9.59 Å². The van der Waals surface area contributed by atoms with Crippen molar-refractivity contribution in [2.45, 2.75) is 6.54 Å². The molecule has 1 N–H and O–H groups in total. The Morgan fingerprint density at radius 2 is 2.06 bits per heavy atom. The molecule has 3 amide bonds. The number of nitrogens with zero attached hydrogens (tertiary/aromatic N) is 2. The summed E-state index contributed by atoms with van der Waals surface area (Å²) in [6.07, 6.45) is 1.72. The van der Waals surface area contributed by atoms with Crippen molar-refractivity contribution in [1.29, 1.82) is 0 Å². The summed E-state index contributed by atoms with van der Waals surface area (Å²) < 4.78 is 0. The number of imide groups is 1. The molecule has 2 aromatic rings. The van der Waals surface area contributed by atoms with Crippen LogP contribution in [0.25, 0.3) is 10.9 Å². The van der Waals surface area contributed by atoms with Crippen LogP contribution >= 0.6 is 0 Å². The minimum atomic E-state index is -0.340. The first kappa shape index (κ1) is 10.7. The third-order valence-electron chi connectivity index (χ3n) is 2.95. The molecular weight excluding hydrogens is 230 g/mol. The first-order valence-electron chi connectivity index (χ1n) is 5.65. The van der Waals surface area contributed by atoms with E-state index < -0.39 is 0 Å². The van der Waals surface area contributed by atoms with Crippen molar-refractivity contribution in [2.24, 2.45) is 0 Å². The molecule has 1 aromatic heterocycles. The van der Waals surface area contributed by atoms with Crippen LogP contribution < -0.4 is 5.32 Å². The Morgan fingerprint density at radius 3 is 2.83 bits per heavy atom. The Kier molecular flexibility index (Phi) is 2.44. The summed E-state index contributed by atoms with van der Waals surface area (Å²) >= 11 is 0. The van der Waals surface area contributed by atoms with Crippen LogP contribution in [0.15, 0.2) is 36.5 Å². The molecule has 1 aliphatic heterocycles. The van der Waals surface area contributed by atoms with Crippen molar-refractivity contribution < 1.29 is 9.59 Å². The van der Waals surface area contributed by atoms with E-state index in [0.29, 0.717) is 6.54 Å². The first-order valence-corrected chi connectivity index (χ1v) is 5.65. The molecule has 1 saturated heterocycles. The van der Waals surface area contributed by atoms with Gasteiger partial charge in [0.2, 0.25) is 5.91 Å². The van der Waals surface area contributed by atoms with Crippen LogP contribution in [0.1, 0.15) is 5.56 Å². The molecule has 0 aliphatic carbocycles. The van der Waals surface area contributed by atoms with E-state index in [1.807, 2.05) is 30.3 Å². The average Bonchev–Trinajstić information content (AvgIpc) is 2.68. The molecule has 0 bridgehead atoms. The second kappa shape index (κ2) is 4.10. The summed E-state index contributed by atoms with van der Waals surface area (Å²) in [6.45, 7) is 0.508. The molecule has 0 saturated carbocycles. The monoisotopic (exact) mass is 241 g/mol. The number of hydrogen-bond donors (Lipinski definition) is 1. The number of pyridine rings is 1. The summed E-state index contributed by atoms with van der Waals surface area (Å²) in [5.74, 6) is -0.256. The Hall–Kier alpha value is -2.43. The molecule has 2 heterocycles.